The molecule has 2 heterocycles. The van der Waals surface area contributed by atoms with Crippen molar-refractivity contribution in [3.05, 3.63) is 58.7 Å². The minimum atomic E-state index is -0.690. The molecule has 0 bridgehead atoms. The van der Waals surface area contributed by atoms with Crippen LogP contribution in [0.2, 0.25) is 0 Å². The largest absolute Gasteiger partial charge is 0.507 e. The summed E-state index contributed by atoms with van der Waals surface area (Å²) in [5, 5.41) is 13.5. The number of nitrogens with zero attached hydrogens (tertiary/aromatic N) is 3. The zero-order valence-corrected chi connectivity index (χ0v) is 13.2. The maximum atomic E-state index is 12.0. The van der Waals surface area contributed by atoms with E-state index >= 15 is 0 Å². The maximum absolute atomic E-state index is 12.0. The highest BCUT2D eigenvalue weighted by Crippen LogP contribution is 2.23. The predicted molar refractivity (Wildman–Crippen MR) is 82.5 cm³/mol. The first kappa shape index (κ1) is 15.2. The monoisotopic (exact) mass is 375 g/mol. The molecule has 2 aromatic heterocycles. The number of phenols is 1. The number of carbonyl (C=O) groups excluding carboxylic acids is 1. The lowest BCUT2D eigenvalue weighted by Crippen LogP contribution is -2.05. The zero-order valence-electron chi connectivity index (χ0n) is 11.6. The second kappa shape index (κ2) is 6.57. The van der Waals surface area contributed by atoms with Gasteiger partial charge in [0.05, 0.1) is 0 Å². The van der Waals surface area contributed by atoms with Gasteiger partial charge in [-0.2, -0.15) is 4.98 Å². The molecule has 0 amide bonds. The molecular formula is C15H10BrN3O4. The van der Waals surface area contributed by atoms with Crippen molar-refractivity contribution < 1.29 is 19.2 Å². The Labute approximate surface area is 139 Å². The van der Waals surface area contributed by atoms with Crippen molar-refractivity contribution in [3.8, 4) is 17.1 Å². The van der Waals surface area contributed by atoms with Crippen LogP contribution in [0.25, 0.3) is 11.4 Å². The van der Waals surface area contributed by atoms with Gasteiger partial charge < -0.3 is 14.4 Å². The molecule has 0 unspecified atom stereocenters. The molecule has 0 radical (unpaired) electrons. The Bertz CT molecular complexity index is 836. The van der Waals surface area contributed by atoms with E-state index in [1.54, 1.807) is 30.6 Å². The lowest BCUT2D eigenvalue weighted by Gasteiger charge is -2.04. The number of aromatic nitrogens is 3. The molecule has 0 saturated heterocycles. The highest BCUT2D eigenvalue weighted by atomic mass is 79.9. The van der Waals surface area contributed by atoms with Crippen molar-refractivity contribution in [1.29, 1.82) is 0 Å². The third kappa shape index (κ3) is 3.54. The summed E-state index contributed by atoms with van der Waals surface area (Å²) in [4.78, 5) is 20.0. The average molecular weight is 376 g/mol. The molecule has 23 heavy (non-hydrogen) atoms. The molecule has 3 rings (SSSR count). The minimum absolute atomic E-state index is 0.0476. The molecule has 1 N–H and O–H groups in total. The van der Waals surface area contributed by atoms with Gasteiger partial charge in [-0.15, -0.1) is 0 Å². The molecule has 0 fully saturated rings. The molecular weight excluding hydrogens is 366 g/mol. The Morgan fingerprint density at radius 3 is 3.00 bits per heavy atom. The molecule has 116 valence electrons. The fourth-order valence-electron chi connectivity index (χ4n) is 1.80. The first-order chi connectivity index (χ1) is 11.1. The van der Waals surface area contributed by atoms with Crippen molar-refractivity contribution in [2.24, 2.45) is 0 Å². The second-order valence-corrected chi connectivity index (χ2v) is 5.41. The summed E-state index contributed by atoms with van der Waals surface area (Å²) in [7, 11) is 0. The summed E-state index contributed by atoms with van der Waals surface area (Å²) in [6, 6.07) is 8.01. The standard InChI is InChI=1S/C15H10BrN3O4/c16-10-3-4-12(20)11(6-10)15(21)22-8-13-18-14(19-23-13)9-2-1-5-17-7-9/h1-7,20H,8H2. The second-order valence-electron chi connectivity index (χ2n) is 4.49. The molecule has 3 aromatic rings. The molecule has 0 aliphatic carbocycles. The third-order valence-corrected chi connectivity index (χ3v) is 3.39. The Kier molecular flexibility index (Phi) is 4.33. The van der Waals surface area contributed by atoms with Gasteiger partial charge in [0, 0.05) is 22.4 Å². The van der Waals surface area contributed by atoms with Crippen LogP contribution in [0.4, 0.5) is 0 Å². The van der Waals surface area contributed by atoms with Crippen LogP contribution in [0.15, 0.2) is 51.7 Å². The SMILES string of the molecule is O=C(OCc1nc(-c2cccnc2)no1)c1cc(Br)ccc1O. The number of rotatable bonds is 4. The quantitative estimate of drug-likeness (QED) is 0.699. The summed E-state index contributed by atoms with van der Waals surface area (Å²) in [6.07, 6.45) is 3.23. The normalized spacial score (nSPS) is 10.5. The fourth-order valence-corrected chi connectivity index (χ4v) is 2.16. The van der Waals surface area contributed by atoms with E-state index in [0.717, 1.165) is 0 Å². The van der Waals surface area contributed by atoms with Crippen LogP contribution in [0, 0.1) is 0 Å². The lowest BCUT2D eigenvalue weighted by atomic mass is 10.2. The molecule has 0 aliphatic rings. The molecule has 1 aromatic carbocycles. The molecule has 7 nitrogen and oxygen atoms in total. The minimum Gasteiger partial charge on any atom is -0.507 e. The van der Waals surface area contributed by atoms with Crippen molar-refractivity contribution in [2.75, 3.05) is 0 Å². The van der Waals surface area contributed by atoms with E-state index in [1.165, 1.54) is 12.1 Å². The molecule has 0 saturated carbocycles. The first-order valence-electron chi connectivity index (χ1n) is 6.52. The molecule has 0 aliphatic heterocycles. The number of halogens is 1. The van der Waals surface area contributed by atoms with E-state index < -0.39 is 5.97 Å². The zero-order chi connectivity index (χ0) is 16.2. The van der Waals surface area contributed by atoms with Crippen LogP contribution < -0.4 is 0 Å². The fraction of sp³-hybridized carbons (Fsp3) is 0.0667. The van der Waals surface area contributed by atoms with Crippen LogP contribution >= 0.6 is 15.9 Å². The van der Waals surface area contributed by atoms with E-state index in [0.29, 0.717) is 15.9 Å². The van der Waals surface area contributed by atoms with Crippen LogP contribution in [-0.4, -0.2) is 26.2 Å². The van der Waals surface area contributed by atoms with Gasteiger partial charge in [-0.05, 0) is 30.3 Å². The number of hydrogen-bond acceptors (Lipinski definition) is 7. The molecule has 0 atom stereocenters. The number of benzene rings is 1. The number of esters is 1. The predicted octanol–water partition coefficient (Wildman–Crippen LogP) is 2.96. The van der Waals surface area contributed by atoms with Gasteiger partial charge in [0.1, 0.15) is 11.3 Å². The van der Waals surface area contributed by atoms with Crippen molar-refractivity contribution in [2.45, 2.75) is 6.61 Å². The van der Waals surface area contributed by atoms with E-state index in [1.807, 2.05) is 0 Å². The van der Waals surface area contributed by atoms with Gasteiger partial charge in [-0.25, -0.2) is 4.79 Å². The van der Waals surface area contributed by atoms with E-state index in [-0.39, 0.29) is 23.8 Å². The van der Waals surface area contributed by atoms with Crippen LogP contribution in [-0.2, 0) is 11.3 Å². The number of phenolic OH excluding ortho intramolecular Hbond substituents is 1. The Morgan fingerprint density at radius 2 is 2.22 bits per heavy atom. The van der Waals surface area contributed by atoms with Gasteiger partial charge >= 0.3 is 5.97 Å². The number of ether oxygens (including phenoxy) is 1. The summed E-state index contributed by atoms with van der Waals surface area (Å²) in [6.45, 7) is -0.196. The Hall–Kier alpha value is -2.74. The summed E-state index contributed by atoms with van der Waals surface area (Å²) in [5.74, 6) is -0.356. The summed E-state index contributed by atoms with van der Waals surface area (Å²) >= 11 is 3.22. The summed E-state index contributed by atoms with van der Waals surface area (Å²) in [5.41, 5.74) is 0.741. The number of hydrogen-bond donors (Lipinski definition) is 1. The maximum Gasteiger partial charge on any atom is 0.342 e. The molecule has 0 spiro atoms. The van der Waals surface area contributed by atoms with E-state index in [2.05, 4.69) is 31.1 Å². The first-order valence-corrected chi connectivity index (χ1v) is 7.31. The van der Waals surface area contributed by atoms with Gasteiger partial charge in [0.15, 0.2) is 6.61 Å². The van der Waals surface area contributed by atoms with Crippen LogP contribution in [0.1, 0.15) is 16.2 Å². The van der Waals surface area contributed by atoms with E-state index in [4.69, 9.17) is 9.26 Å². The third-order valence-electron chi connectivity index (χ3n) is 2.89. The van der Waals surface area contributed by atoms with Crippen molar-refractivity contribution in [3.63, 3.8) is 0 Å². The van der Waals surface area contributed by atoms with Crippen molar-refractivity contribution >= 4 is 21.9 Å². The van der Waals surface area contributed by atoms with E-state index in [9.17, 15) is 9.90 Å². The summed E-state index contributed by atoms with van der Waals surface area (Å²) < 4.78 is 10.7. The Balaban J connectivity index is 1.68. The van der Waals surface area contributed by atoms with Crippen molar-refractivity contribution in [1.82, 2.24) is 15.1 Å². The van der Waals surface area contributed by atoms with Gasteiger partial charge in [-0.1, -0.05) is 21.1 Å². The van der Waals surface area contributed by atoms with Gasteiger partial charge in [0.2, 0.25) is 5.82 Å². The Morgan fingerprint density at radius 1 is 1.35 bits per heavy atom. The number of pyridine rings is 1. The van der Waals surface area contributed by atoms with Crippen LogP contribution in [0.5, 0.6) is 5.75 Å². The smallest absolute Gasteiger partial charge is 0.342 e. The lowest BCUT2D eigenvalue weighted by molar-refractivity contribution is 0.0426. The molecule has 8 heteroatoms. The van der Waals surface area contributed by atoms with Gasteiger partial charge in [-0.3, -0.25) is 4.98 Å². The van der Waals surface area contributed by atoms with Gasteiger partial charge in [0.25, 0.3) is 5.89 Å². The number of aromatic hydroxyl groups is 1. The average Bonchev–Trinajstić information content (AvgIpc) is 3.05. The van der Waals surface area contributed by atoms with Crippen LogP contribution in [0.3, 0.4) is 0 Å². The topological polar surface area (TPSA) is 98.3 Å². The highest BCUT2D eigenvalue weighted by molar-refractivity contribution is 9.10. The number of carbonyl (C=O) groups is 1. The highest BCUT2D eigenvalue weighted by Gasteiger charge is 2.15.